The van der Waals surface area contributed by atoms with E-state index in [1.807, 2.05) is 18.2 Å². The van der Waals surface area contributed by atoms with Gasteiger partial charge in [0.1, 0.15) is 5.82 Å². The Morgan fingerprint density at radius 2 is 1.72 bits per heavy atom. The summed E-state index contributed by atoms with van der Waals surface area (Å²) >= 11 is 1.39. The molecule has 2 aromatic carbocycles. The van der Waals surface area contributed by atoms with Crippen molar-refractivity contribution in [2.24, 2.45) is 0 Å². The van der Waals surface area contributed by atoms with Gasteiger partial charge in [0, 0.05) is 30.1 Å². The molecule has 1 fully saturated rings. The molecule has 4 nitrogen and oxygen atoms in total. The van der Waals surface area contributed by atoms with Crippen molar-refractivity contribution < 1.29 is 14.0 Å². The van der Waals surface area contributed by atoms with Crippen LogP contribution in [-0.4, -0.2) is 29.8 Å². The lowest BCUT2D eigenvalue weighted by atomic mass is 10.1. The van der Waals surface area contributed by atoms with Crippen molar-refractivity contribution in [3.8, 4) is 10.4 Å². The lowest BCUT2D eigenvalue weighted by Gasteiger charge is -2.16. The highest BCUT2D eigenvalue weighted by molar-refractivity contribution is 7.17. The fourth-order valence-electron chi connectivity index (χ4n) is 3.01. The van der Waals surface area contributed by atoms with E-state index in [9.17, 15) is 14.0 Å². The van der Waals surface area contributed by atoms with Crippen LogP contribution in [0.15, 0.2) is 60.7 Å². The molecular weight excluding hydrogens is 387 g/mol. The molecule has 29 heavy (non-hydrogen) atoms. The van der Waals surface area contributed by atoms with E-state index in [1.165, 1.54) is 23.5 Å². The topological polar surface area (TPSA) is 49.4 Å². The second kappa shape index (κ2) is 8.17. The van der Waals surface area contributed by atoms with Gasteiger partial charge in [-0.1, -0.05) is 24.3 Å². The molecule has 0 bridgehead atoms. The standard InChI is InChI=1S/C23H21FN2O2S/c1-26(14-15-2-4-17(5-3-15)22(27)25-19-10-11-19)23(28)21-13-12-20(29-21)16-6-8-18(24)9-7-16/h2-9,12-13,19H,10-11,14H2,1H3,(H,25,27). The number of halogens is 1. The third-order valence-electron chi connectivity index (χ3n) is 4.84. The fraction of sp³-hybridized carbons (Fsp3) is 0.217. The maximum atomic E-state index is 13.1. The van der Waals surface area contributed by atoms with Gasteiger partial charge in [-0.25, -0.2) is 4.39 Å². The third-order valence-corrected chi connectivity index (χ3v) is 5.96. The van der Waals surface area contributed by atoms with E-state index in [2.05, 4.69) is 5.32 Å². The van der Waals surface area contributed by atoms with Crippen LogP contribution in [0.4, 0.5) is 4.39 Å². The van der Waals surface area contributed by atoms with Crippen molar-refractivity contribution in [2.75, 3.05) is 7.05 Å². The average Bonchev–Trinajstić information content (AvgIpc) is 3.40. The number of amides is 2. The zero-order chi connectivity index (χ0) is 20.4. The highest BCUT2D eigenvalue weighted by atomic mass is 32.1. The summed E-state index contributed by atoms with van der Waals surface area (Å²) in [5, 5.41) is 2.97. The summed E-state index contributed by atoms with van der Waals surface area (Å²) in [6.07, 6.45) is 2.12. The van der Waals surface area contributed by atoms with Gasteiger partial charge in [0.15, 0.2) is 0 Å². The predicted molar refractivity (Wildman–Crippen MR) is 112 cm³/mol. The van der Waals surface area contributed by atoms with Crippen molar-refractivity contribution >= 4 is 23.2 Å². The predicted octanol–water partition coefficient (Wildman–Crippen LogP) is 4.72. The minimum Gasteiger partial charge on any atom is -0.349 e. The molecule has 3 aromatic rings. The Hall–Kier alpha value is -2.99. The Balaban J connectivity index is 1.39. The first-order valence-electron chi connectivity index (χ1n) is 9.50. The van der Waals surface area contributed by atoms with Gasteiger partial charge in [-0.05, 0) is 60.4 Å². The maximum absolute atomic E-state index is 13.1. The number of rotatable bonds is 6. The summed E-state index contributed by atoms with van der Waals surface area (Å²) in [4.78, 5) is 28.0. The van der Waals surface area contributed by atoms with Gasteiger partial charge in [-0.3, -0.25) is 9.59 Å². The van der Waals surface area contributed by atoms with Crippen molar-refractivity contribution in [1.82, 2.24) is 10.2 Å². The van der Waals surface area contributed by atoms with Crippen molar-refractivity contribution in [1.29, 1.82) is 0 Å². The van der Waals surface area contributed by atoms with Crippen molar-refractivity contribution in [3.63, 3.8) is 0 Å². The summed E-state index contributed by atoms with van der Waals surface area (Å²) in [5.41, 5.74) is 2.48. The Labute approximate surface area is 173 Å². The number of benzene rings is 2. The normalized spacial score (nSPS) is 13.2. The molecular formula is C23H21FN2O2S. The Morgan fingerprint density at radius 3 is 2.38 bits per heavy atom. The Kier molecular flexibility index (Phi) is 5.45. The zero-order valence-electron chi connectivity index (χ0n) is 16.0. The second-order valence-corrected chi connectivity index (χ2v) is 8.36. The van der Waals surface area contributed by atoms with Crippen molar-refractivity contribution in [3.05, 3.63) is 82.5 Å². The lowest BCUT2D eigenvalue weighted by Crippen LogP contribution is -2.26. The van der Waals surface area contributed by atoms with E-state index < -0.39 is 0 Å². The van der Waals surface area contributed by atoms with Crippen LogP contribution in [0, 0.1) is 5.82 Å². The van der Waals surface area contributed by atoms with E-state index in [1.54, 1.807) is 42.3 Å². The lowest BCUT2D eigenvalue weighted by molar-refractivity contribution is 0.0789. The van der Waals surface area contributed by atoms with E-state index >= 15 is 0 Å². The molecule has 0 atom stereocenters. The monoisotopic (exact) mass is 408 g/mol. The van der Waals surface area contributed by atoms with E-state index in [0.29, 0.717) is 23.0 Å². The molecule has 1 aromatic heterocycles. The quantitative estimate of drug-likeness (QED) is 0.642. The number of nitrogens with one attached hydrogen (secondary N) is 1. The molecule has 6 heteroatoms. The largest absolute Gasteiger partial charge is 0.349 e. The number of hydrogen-bond donors (Lipinski definition) is 1. The van der Waals surface area contributed by atoms with Gasteiger partial charge in [-0.15, -0.1) is 11.3 Å². The highest BCUT2D eigenvalue weighted by Crippen LogP contribution is 2.29. The number of hydrogen-bond acceptors (Lipinski definition) is 3. The van der Waals surface area contributed by atoms with Gasteiger partial charge in [0.05, 0.1) is 4.88 Å². The van der Waals surface area contributed by atoms with E-state index in [4.69, 9.17) is 0 Å². The SMILES string of the molecule is CN(Cc1ccc(C(=O)NC2CC2)cc1)C(=O)c1ccc(-c2ccc(F)cc2)s1. The molecule has 1 saturated carbocycles. The van der Waals surface area contributed by atoms with Crippen LogP contribution < -0.4 is 5.32 Å². The van der Waals surface area contributed by atoms with Gasteiger partial charge < -0.3 is 10.2 Å². The molecule has 0 aliphatic heterocycles. The molecule has 1 aliphatic carbocycles. The van der Waals surface area contributed by atoms with Gasteiger partial charge >= 0.3 is 0 Å². The van der Waals surface area contributed by atoms with E-state index in [-0.39, 0.29) is 17.6 Å². The highest BCUT2D eigenvalue weighted by Gasteiger charge is 2.23. The number of nitrogens with zero attached hydrogens (tertiary/aromatic N) is 1. The molecule has 148 valence electrons. The van der Waals surface area contributed by atoms with Crippen LogP contribution in [0.3, 0.4) is 0 Å². The first-order valence-corrected chi connectivity index (χ1v) is 10.3. The van der Waals surface area contributed by atoms with Crippen LogP contribution in [0.5, 0.6) is 0 Å². The summed E-state index contributed by atoms with van der Waals surface area (Å²) in [5.74, 6) is -0.397. The smallest absolute Gasteiger partial charge is 0.263 e. The summed E-state index contributed by atoms with van der Waals surface area (Å²) in [6, 6.07) is 17.6. The zero-order valence-corrected chi connectivity index (χ0v) is 16.8. The summed E-state index contributed by atoms with van der Waals surface area (Å²) in [6.45, 7) is 0.452. The minimum absolute atomic E-state index is 0.0459. The molecule has 1 aliphatic rings. The summed E-state index contributed by atoms with van der Waals surface area (Å²) in [7, 11) is 1.76. The van der Waals surface area contributed by atoms with Gasteiger partial charge in [0.2, 0.25) is 0 Å². The molecule has 1 heterocycles. The number of thiophene rings is 1. The maximum Gasteiger partial charge on any atom is 0.263 e. The van der Waals surface area contributed by atoms with Crippen LogP contribution >= 0.6 is 11.3 Å². The number of carbonyl (C=O) groups is 2. The fourth-order valence-corrected chi connectivity index (χ4v) is 4.02. The van der Waals surface area contributed by atoms with Gasteiger partial charge in [-0.2, -0.15) is 0 Å². The molecule has 2 amide bonds. The van der Waals surface area contributed by atoms with E-state index in [0.717, 1.165) is 28.8 Å². The molecule has 1 N–H and O–H groups in total. The first kappa shape index (κ1) is 19.3. The molecule has 0 spiro atoms. The number of carbonyl (C=O) groups excluding carboxylic acids is 2. The Morgan fingerprint density at radius 1 is 1.03 bits per heavy atom. The third kappa shape index (κ3) is 4.71. The molecule has 0 unspecified atom stereocenters. The molecule has 4 rings (SSSR count). The van der Waals surface area contributed by atoms with Gasteiger partial charge in [0.25, 0.3) is 11.8 Å². The second-order valence-electron chi connectivity index (χ2n) is 7.28. The van der Waals surface area contributed by atoms with Crippen LogP contribution in [-0.2, 0) is 6.54 Å². The summed E-state index contributed by atoms with van der Waals surface area (Å²) < 4.78 is 13.1. The van der Waals surface area contributed by atoms with Crippen LogP contribution in [0.25, 0.3) is 10.4 Å². The Bertz CT molecular complexity index is 1020. The van der Waals surface area contributed by atoms with Crippen LogP contribution in [0.1, 0.15) is 38.4 Å². The van der Waals surface area contributed by atoms with Crippen LogP contribution in [0.2, 0.25) is 0 Å². The minimum atomic E-state index is -0.280. The first-order chi connectivity index (χ1) is 14.0. The molecule has 0 saturated heterocycles. The van der Waals surface area contributed by atoms with Crippen molar-refractivity contribution in [2.45, 2.75) is 25.4 Å². The molecule has 0 radical (unpaired) electrons. The average molecular weight is 408 g/mol.